The van der Waals surface area contributed by atoms with E-state index >= 15 is 0 Å². The minimum absolute atomic E-state index is 0.145. The van der Waals surface area contributed by atoms with Crippen LogP contribution in [0.1, 0.15) is 12.5 Å². The number of amides is 1. The summed E-state index contributed by atoms with van der Waals surface area (Å²) in [4.78, 5) is 11.2. The van der Waals surface area contributed by atoms with Gasteiger partial charge in [0, 0.05) is 5.69 Å². The second-order valence-corrected chi connectivity index (χ2v) is 4.87. The van der Waals surface area contributed by atoms with Crippen molar-refractivity contribution in [3.63, 3.8) is 0 Å². The number of anilines is 3. The van der Waals surface area contributed by atoms with E-state index in [1.165, 1.54) is 18.2 Å². The molecule has 2 aromatic rings. The van der Waals surface area contributed by atoms with Gasteiger partial charge < -0.3 is 10.1 Å². The number of halogens is 4. The van der Waals surface area contributed by atoms with Crippen molar-refractivity contribution in [2.75, 3.05) is 17.2 Å². The van der Waals surface area contributed by atoms with Crippen molar-refractivity contribution in [1.29, 1.82) is 0 Å². The number of hydrogen-bond acceptors (Lipinski definition) is 5. The van der Waals surface area contributed by atoms with Crippen molar-refractivity contribution in [2.24, 2.45) is 0 Å². The summed E-state index contributed by atoms with van der Waals surface area (Å²) in [6, 6.07) is 6.25. The van der Waals surface area contributed by atoms with Crippen molar-refractivity contribution >= 4 is 35.0 Å². The Hall–Kier alpha value is -2.55. The van der Waals surface area contributed by atoms with Gasteiger partial charge in [0.05, 0.1) is 17.2 Å². The molecule has 0 aliphatic rings. The number of aromatic nitrogens is 2. The molecule has 0 fully saturated rings. The first kappa shape index (κ1) is 17.8. The number of rotatable bonds is 4. The molecule has 0 unspecified atom stereocenters. The van der Waals surface area contributed by atoms with Crippen LogP contribution in [-0.4, -0.2) is 22.9 Å². The molecule has 10 heteroatoms. The lowest BCUT2D eigenvalue weighted by atomic mass is 10.2. The molecular formula is C14H12ClF3N4O2. The number of nitrogens with zero attached hydrogens (tertiary/aromatic N) is 2. The van der Waals surface area contributed by atoms with Gasteiger partial charge in [0.25, 0.3) is 0 Å². The Morgan fingerprint density at radius 2 is 1.88 bits per heavy atom. The van der Waals surface area contributed by atoms with Gasteiger partial charge in [0.2, 0.25) is 0 Å². The zero-order chi connectivity index (χ0) is 17.7. The summed E-state index contributed by atoms with van der Waals surface area (Å²) in [5.41, 5.74) is -0.810. The Kier molecular flexibility index (Phi) is 5.45. The van der Waals surface area contributed by atoms with Gasteiger partial charge in [0.15, 0.2) is 11.6 Å². The van der Waals surface area contributed by atoms with E-state index in [0.29, 0.717) is 0 Å². The third-order valence-electron chi connectivity index (χ3n) is 2.71. The van der Waals surface area contributed by atoms with Crippen molar-refractivity contribution in [1.82, 2.24) is 10.2 Å². The van der Waals surface area contributed by atoms with Crippen molar-refractivity contribution < 1.29 is 22.7 Å². The van der Waals surface area contributed by atoms with Gasteiger partial charge in [-0.2, -0.15) is 13.2 Å². The Balaban J connectivity index is 2.10. The summed E-state index contributed by atoms with van der Waals surface area (Å²) in [6.07, 6.45) is -5.24. The molecule has 2 N–H and O–H groups in total. The maximum absolute atomic E-state index is 12.8. The first-order valence-corrected chi connectivity index (χ1v) is 7.08. The Bertz CT molecular complexity index is 723. The number of carbonyl (C=O) groups is 1. The standard InChI is InChI=1S/C14H12ClF3N4O2/c1-2-24-13(23)20-12-6-5-11(21-22-12)19-8-3-4-10(15)9(7-8)14(16,17)18/h3-7H,2H2,1H3,(H,19,21)(H,20,22,23). The van der Waals surface area contributed by atoms with Crippen molar-refractivity contribution in [3.8, 4) is 0 Å². The van der Waals surface area contributed by atoms with Gasteiger partial charge in [-0.05, 0) is 37.3 Å². The van der Waals surface area contributed by atoms with Crippen LogP contribution < -0.4 is 10.6 Å². The molecule has 1 aromatic heterocycles. The zero-order valence-corrected chi connectivity index (χ0v) is 13.1. The number of benzene rings is 1. The highest BCUT2D eigenvalue weighted by Gasteiger charge is 2.33. The fourth-order valence-corrected chi connectivity index (χ4v) is 1.93. The monoisotopic (exact) mass is 360 g/mol. The summed E-state index contributed by atoms with van der Waals surface area (Å²) in [5.74, 6) is 0.339. The van der Waals surface area contributed by atoms with Gasteiger partial charge in [-0.1, -0.05) is 11.6 Å². The Morgan fingerprint density at radius 1 is 1.21 bits per heavy atom. The predicted molar refractivity (Wildman–Crippen MR) is 82.4 cm³/mol. The summed E-state index contributed by atoms with van der Waals surface area (Å²) in [7, 11) is 0. The van der Waals surface area contributed by atoms with Gasteiger partial charge in [-0.3, -0.25) is 5.32 Å². The van der Waals surface area contributed by atoms with E-state index in [9.17, 15) is 18.0 Å². The third kappa shape index (κ3) is 4.72. The largest absolute Gasteiger partial charge is 0.450 e. The van der Waals surface area contributed by atoms with E-state index in [1.807, 2.05) is 0 Å². The number of hydrogen-bond donors (Lipinski definition) is 2. The molecule has 0 spiro atoms. The summed E-state index contributed by atoms with van der Waals surface area (Å²) >= 11 is 5.55. The second-order valence-electron chi connectivity index (χ2n) is 4.47. The maximum atomic E-state index is 12.8. The third-order valence-corrected chi connectivity index (χ3v) is 3.04. The van der Waals surface area contributed by atoms with Gasteiger partial charge >= 0.3 is 12.3 Å². The molecule has 1 heterocycles. The fraction of sp³-hybridized carbons (Fsp3) is 0.214. The van der Waals surface area contributed by atoms with E-state index in [0.717, 1.165) is 12.1 Å². The lowest BCUT2D eigenvalue weighted by Gasteiger charge is -2.12. The average Bonchev–Trinajstić information content (AvgIpc) is 2.50. The molecule has 0 atom stereocenters. The normalized spacial score (nSPS) is 11.0. The number of carbonyl (C=O) groups excluding carboxylic acids is 1. The van der Waals surface area contributed by atoms with Gasteiger partial charge in [-0.15, -0.1) is 10.2 Å². The number of ether oxygens (including phenoxy) is 1. The van der Waals surface area contributed by atoms with E-state index in [2.05, 4.69) is 25.6 Å². The van der Waals surface area contributed by atoms with Gasteiger partial charge in [0.1, 0.15) is 0 Å². The minimum atomic E-state index is -4.56. The van der Waals surface area contributed by atoms with Crippen LogP contribution in [0.2, 0.25) is 5.02 Å². The van der Waals surface area contributed by atoms with Gasteiger partial charge in [-0.25, -0.2) is 4.79 Å². The van der Waals surface area contributed by atoms with Crippen LogP contribution in [0, 0.1) is 0 Å². The molecule has 2 rings (SSSR count). The Labute approximate surface area is 140 Å². The average molecular weight is 361 g/mol. The molecule has 1 amide bonds. The number of nitrogens with one attached hydrogen (secondary N) is 2. The molecule has 0 radical (unpaired) electrons. The molecule has 0 saturated heterocycles. The van der Waals surface area contributed by atoms with Crippen LogP contribution in [0.5, 0.6) is 0 Å². The fourth-order valence-electron chi connectivity index (χ4n) is 1.71. The molecule has 6 nitrogen and oxygen atoms in total. The van der Waals surface area contributed by atoms with Crippen molar-refractivity contribution in [2.45, 2.75) is 13.1 Å². The van der Waals surface area contributed by atoms with Crippen LogP contribution in [0.15, 0.2) is 30.3 Å². The first-order valence-electron chi connectivity index (χ1n) is 6.71. The summed E-state index contributed by atoms with van der Waals surface area (Å²) in [6.45, 7) is 1.86. The van der Waals surface area contributed by atoms with Crippen LogP contribution in [0.3, 0.4) is 0 Å². The highest BCUT2D eigenvalue weighted by atomic mass is 35.5. The quantitative estimate of drug-likeness (QED) is 0.841. The molecule has 128 valence electrons. The van der Waals surface area contributed by atoms with Crippen LogP contribution in [0.4, 0.5) is 35.3 Å². The highest BCUT2D eigenvalue weighted by Crippen LogP contribution is 2.36. The zero-order valence-electron chi connectivity index (χ0n) is 12.3. The predicted octanol–water partition coefficient (Wildman–Crippen LogP) is 4.46. The van der Waals surface area contributed by atoms with Crippen molar-refractivity contribution in [3.05, 3.63) is 40.9 Å². The minimum Gasteiger partial charge on any atom is -0.450 e. The molecule has 0 aliphatic carbocycles. The number of alkyl halides is 3. The van der Waals surface area contributed by atoms with Crippen LogP contribution in [0.25, 0.3) is 0 Å². The molecule has 24 heavy (non-hydrogen) atoms. The second kappa shape index (κ2) is 7.35. The maximum Gasteiger partial charge on any atom is 0.417 e. The molecule has 0 aliphatic heterocycles. The molecule has 1 aromatic carbocycles. The van der Waals surface area contributed by atoms with Crippen LogP contribution in [-0.2, 0) is 10.9 Å². The van der Waals surface area contributed by atoms with E-state index < -0.39 is 22.9 Å². The first-order chi connectivity index (χ1) is 11.3. The lowest BCUT2D eigenvalue weighted by molar-refractivity contribution is -0.137. The topological polar surface area (TPSA) is 76.1 Å². The SMILES string of the molecule is CCOC(=O)Nc1ccc(Nc2ccc(Cl)c(C(F)(F)F)c2)nn1. The molecule has 0 saturated carbocycles. The Morgan fingerprint density at radius 3 is 2.46 bits per heavy atom. The lowest BCUT2D eigenvalue weighted by Crippen LogP contribution is -2.14. The van der Waals surface area contributed by atoms with E-state index in [-0.39, 0.29) is 23.9 Å². The van der Waals surface area contributed by atoms with Crippen LogP contribution >= 0.6 is 11.6 Å². The summed E-state index contributed by atoms with van der Waals surface area (Å²) in [5, 5.41) is 12.1. The highest BCUT2D eigenvalue weighted by molar-refractivity contribution is 6.31. The molecular weight excluding hydrogens is 349 g/mol. The van der Waals surface area contributed by atoms with E-state index in [1.54, 1.807) is 6.92 Å². The summed E-state index contributed by atoms with van der Waals surface area (Å²) < 4.78 is 43.1. The smallest absolute Gasteiger partial charge is 0.417 e. The molecule has 0 bridgehead atoms. The van der Waals surface area contributed by atoms with E-state index in [4.69, 9.17) is 11.6 Å².